The van der Waals surface area contributed by atoms with Crippen molar-refractivity contribution >= 4 is 28.8 Å². The third-order valence-corrected chi connectivity index (χ3v) is 3.01. The fourth-order valence-corrected chi connectivity index (χ4v) is 1.96. The molecule has 0 unspecified atom stereocenters. The molecule has 0 saturated heterocycles. The van der Waals surface area contributed by atoms with Crippen LogP contribution in [0, 0.1) is 6.92 Å². The number of anilines is 1. The summed E-state index contributed by atoms with van der Waals surface area (Å²) in [4.78, 5) is 9.29. The van der Waals surface area contributed by atoms with E-state index in [2.05, 4.69) is 26.7 Å². The van der Waals surface area contributed by atoms with Crippen LogP contribution in [0.2, 0.25) is 5.28 Å². The molecular formula is C10H10ClN3S. The molecule has 1 N–H and O–H groups in total. The van der Waals surface area contributed by atoms with E-state index in [9.17, 15) is 0 Å². The smallest absolute Gasteiger partial charge is 0.224 e. The second-order valence-corrected chi connectivity index (χ2v) is 4.47. The molecule has 2 aromatic heterocycles. The molecule has 0 bridgehead atoms. The van der Waals surface area contributed by atoms with Gasteiger partial charge in [0, 0.05) is 16.6 Å². The van der Waals surface area contributed by atoms with E-state index in [4.69, 9.17) is 11.6 Å². The lowest BCUT2D eigenvalue weighted by atomic mass is 10.3. The van der Waals surface area contributed by atoms with Crippen molar-refractivity contribution in [3.05, 3.63) is 39.4 Å². The molecule has 0 aliphatic rings. The van der Waals surface area contributed by atoms with Gasteiger partial charge in [-0.3, -0.25) is 0 Å². The van der Waals surface area contributed by atoms with Crippen LogP contribution < -0.4 is 5.32 Å². The number of halogens is 1. The van der Waals surface area contributed by atoms with Gasteiger partial charge in [-0.2, -0.15) is 0 Å². The number of rotatable bonds is 3. The highest BCUT2D eigenvalue weighted by Gasteiger charge is 2.02. The normalized spacial score (nSPS) is 10.3. The van der Waals surface area contributed by atoms with Crippen molar-refractivity contribution < 1.29 is 0 Å². The molecule has 0 aliphatic carbocycles. The average Bonchev–Trinajstić information content (AvgIpc) is 2.72. The van der Waals surface area contributed by atoms with Gasteiger partial charge in [0.15, 0.2) is 0 Å². The summed E-state index contributed by atoms with van der Waals surface area (Å²) in [6, 6.07) is 4.11. The molecule has 2 aromatic rings. The zero-order chi connectivity index (χ0) is 10.7. The van der Waals surface area contributed by atoms with Crippen molar-refractivity contribution in [3.63, 3.8) is 0 Å². The number of nitrogens with one attached hydrogen (secondary N) is 1. The summed E-state index contributed by atoms with van der Waals surface area (Å²) in [5, 5.41) is 5.56. The fraction of sp³-hybridized carbons (Fsp3) is 0.200. The van der Waals surface area contributed by atoms with E-state index in [1.54, 1.807) is 17.5 Å². The molecule has 2 heterocycles. The third kappa shape index (κ3) is 2.67. The summed E-state index contributed by atoms with van der Waals surface area (Å²) in [5.74, 6) is 0.795. The van der Waals surface area contributed by atoms with E-state index in [-0.39, 0.29) is 5.28 Å². The van der Waals surface area contributed by atoms with Gasteiger partial charge in [-0.05, 0) is 30.0 Å². The van der Waals surface area contributed by atoms with Gasteiger partial charge < -0.3 is 5.32 Å². The van der Waals surface area contributed by atoms with Gasteiger partial charge in [-0.15, -0.1) is 11.3 Å². The highest BCUT2D eigenvalue weighted by atomic mass is 35.5. The second-order valence-electron chi connectivity index (χ2n) is 3.10. The summed E-state index contributed by atoms with van der Waals surface area (Å²) in [7, 11) is 0. The first kappa shape index (κ1) is 10.4. The van der Waals surface area contributed by atoms with E-state index in [0.29, 0.717) is 0 Å². The molecule has 3 nitrogen and oxygen atoms in total. The monoisotopic (exact) mass is 239 g/mol. The van der Waals surface area contributed by atoms with Crippen LogP contribution in [0.15, 0.2) is 23.7 Å². The number of hydrogen-bond donors (Lipinski definition) is 1. The largest absolute Gasteiger partial charge is 0.365 e. The summed E-state index contributed by atoms with van der Waals surface area (Å²) in [6.07, 6.45) is 1.71. The summed E-state index contributed by atoms with van der Waals surface area (Å²) < 4.78 is 0. The lowest BCUT2D eigenvalue weighted by Crippen LogP contribution is -2.02. The Kier molecular flexibility index (Phi) is 3.18. The van der Waals surface area contributed by atoms with Crippen LogP contribution in [0.4, 0.5) is 5.82 Å². The van der Waals surface area contributed by atoms with Gasteiger partial charge in [0.1, 0.15) is 5.82 Å². The Balaban J connectivity index is 2.07. The quantitative estimate of drug-likeness (QED) is 0.837. The van der Waals surface area contributed by atoms with Crippen LogP contribution in [0.3, 0.4) is 0 Å². The van der Waals surface area contributed by atoms with Crippen LogP contribution in [0.25, 0.3) is 0 Å². The molecule has 0 aromatic carbocycles. The zero-order valence-corrected chi connectivity index (χ0v) is 9.77. The van der Waals surface area contributed by atoms with Crippen molar-refractivity contribution in [1.29, 1.82) is 0 Å². The first-order valence-electron chi connectivity index (χ1n) is 4.51. The predicted molar refractivity (Wildman–Crippen MR) is 63.4 cm³/mol. The molecule has 5 heteroatoms. The zero-order valence-electron chi connectivity index (χ0n) is 8.20. The molecule has 0 aliphatic heterocycles. The number of nitrogens with zero attached hydrogens (tertiary/aromatic N) is 2. The van der Waals surface area contributed by atoms with E-state index in [1.807, 2.05) is 13.0 Å². The highest BCUT2D eigenvalue weighted by molar-refractivity contribution is 7.09. The van der Waals surface area contributed by atoms with Gasteiger partial charge >= 0.3 is 0 Å². The second kappa shape index (κ2) is 4.59. The van der Waals surface area contributed by atoms with Crippen LogP contribution in [0.5, 0.6) is 0 Å². The molecular weight excluding hydrogens is 230 g/mol. The fourth-order valence-electron chi connectivity index (χ4n) is 1.18. The number of thiophene rings is 1. The van der Waals surface area contributed by atoms with Gasteiger partial charge in [0.05, 0.1) is 6.54 Å². The number of aryl methyl sites for hydroxylation is 1. The third-order valence-electron chi connectivity index (χ3n) is 1.95. The average molecular weight is 240 g/mol. The first-order chi connectivity index (χ1) is 7.25. The SMILES string of the molecule is Cc1cnc(Cl)nc1NCc1cccs1. The van der Waals surface area contributed by atoms with E-state index >= 15 is 0 Å². The van der Waals surface area contributed by atoms with Gasteiger partial charge in [0.2, 0.25) is 5.28 Å². The summed E-state index contributed by atoms with van der Waals surface area (Å²) in [5.41, 5.74) is 0.996. The molecule has 0 saturated carbocycles. The minimum absolute atomic E-state index is 0.272. The van der Waals surface area contributed by atoms with Crippen molar-refractivity contribution in [2.45, 2.75) is 13.5 Å². The van der Waals surface area contributed by atoms with Crippen LogP contribution in [-0.2, 0) is 6.54 Å². The van der Waals surface area contributed by atoms with Crippen molar-refractivity contribution in [2.75, 3.05) is 5.32 Å². The van der Waals surface area contributed by atoms with E-state index in [0.717, 1.165) is 17.9 Å². The minimum Gasteiger partial charge on any atom is -0.365 e. The lowest BCUT2D eigenvalue weighted by molar-refractivity contribution is 1.07. The van der Waals surface area contributed by atoms with Crippen molar-refractivity contribution in [3.8, 4) is 0 Å². The molecule has 15 heavy (non-hydrogen) atoms. The van der Waals surface area contributed by atoms with Gasteiger partial charge in [0.25, 0.3) is 0 Å². The summed E-state index contributed by atoms with van der Waals surface area (Å²) >= 11 is 7.43. The first-order valence-corrected chi connectivity index (χ1v) is 5.77. The molecule has 0 atom stereocenters. The molecule has 2 rings (SSSR count). The highest BCUT2D eigenvalue weighted by Crippen LogP contribution is 2.15. The number of aromatic nitrogens is 2. The van der Waals surface area contributed by atoms with Gasteiger partial charge in [-0.1, -0.05) is 6.07 Å². The Hall–Kier alpha value is -1.13. The maximum absolute atomic E-state index is 5.72. The summed E-state index contributed by atoms with van der Waals surface area (Å²) in [6.45, 7) is 2.72. The Labute approximate surface area is 97.2 Å². The Morgan fingerprint density at radius 1 is 1.53 bits per heavy atom. The topological polar surface area (TPSA) is 37.8 Å². The maximum Gasteiger partial charge on any atom is 0.224 e. The Morgan fingerprint density at radius 2 is 2.40 bits per heavy atom. The lowest BCUT2D eigenvalue weighted by Gasteiger charge is -2.06. The Bertz CT molecular complexity index is 442. The van der Waals surface area contributed by atoms with E-state index in [1.165, 1.54) is 4.88 Å². The van der Waals surface area contributed by atoms with Crippen molar-refractivity contribution in [1.82, 2.24) is 9.97 Å². The van der Waals surface area contributed by atoms with Crippen molar-refractivity contribution in [2.24, 2.45) is 0 Å². The Morgan fingerprint density at radius 3 is 3.13 bits per heavy atom. The molecule has 78 valence electrons. The van der Waals surface area contributed by atoms with E-state index < -0.39 is 0 Å². The van der Waals surface area contributed by atoms with Crippen LogP contribution in [0.1, 0.15) is 10.4 Å². The van der Waals surface area contributed by atoms with Crippen LogP contribution >= 0.6 is 22.9 Å². The number of hydrogen-bond acceptors (Lipinski definition) is 4. The molecule has 0 amide bonds. The predicted octanol–water partition coefficient (Wildman–Crippen LogP) is 3.11. The molecule has 0 fully saturated rings. The molecule has 0 spiro atoms. The van der Waals surface area contributed by atoms with Crippen LogP contribution in [-0.4, -0.2) is 9.97 Å². The maximum atomic E-state index is 5.72. The standard InChI is InChI=1S/C10H10ClN3S/c1-7-5-13-10(11)14-9(7)12-6-8-3-2-4-15-8/h2-5H,6H2,1H3,(H,12,13,14). The van der Waals surface area contributed by atoms with Gasteiger partial charge in [-0.25, -0.2) is 9.97 Å². The molecule has 0 radical (unpaired) electrons. The minimum atomic E-state index is 0.272.